The van der Waals surface area contributed by atoms with E-state index in [1.54, 1.807) is 11.1 Å². The Morgan fingerprint density at radius 3 is 2.33 bits per heavy atom. The fourth-order valence-electron chi connectivity index (χ4n) is 4.04. The van der Waals surface area contributed by atoms with Gasteiger partial charge in [-0.2, -0.15) is 0 Å². The molecule has 0 aliphatic carbocycles. The summed E-state index contributed by atoms with van der Waals surface area (Å²) < 4.78 is 24.3. The van der Waals surface area contributed by atoms with Crippen molar-refractivity contribution >= 4 is 29.4 Å². The lowest BCUT2D eigenvalue weighted by atomic mass is 9.78. The van der Waals surface area contributed by atoms with Gasteiger partial charge in [0.1, 0.15) is 17.5 Å². The van der Waals surface area contributed by atoms with Crippen LogP contribution in [-0.2, 0) is 14.0 Å². The summed E-state index contributed by atoms with van der Waals surface area (Å²) in [5, 5.41) is 1.98. The lowest BCUT2D eigenvalue weighted by Crippen LogP contribution is -2.44. The largest absolute Gasteiger partial charge is 0.494 e. The number of nitrogens with zero attached hydrogens (tertiary/aromatic N) is 2. The van der Waals surface area contributed by atoms with Crippen LogP contribution >= 0.6 is 0 Å². The first-order chi connectivity index (χ1) is 15.3. The van der Waals surface area contributed by atoms with Gasteiger partial charge < -0.3 is 23.7 Å². The summed E-state index contributed by atoms with van der Waals surface area (Å²) in [6.45, 7) is 15.1. The van der Waals surface area contributed by atoms with Crippen LogP contribution < -0.4 is 10.2 Å². The second-order valence-electron chi connectivity index (χ2n) is 11.0. The summed E-state index contributed by atoms with van der Waals surface area (Å²) in [6, 6.07) is 6.13. The number of aromatic nitrogens is 1. The molecule has 2 aromatic rings. The number of pyridine rings is 1. The van der Waals surface area contributed by atoms with Gasteiger partial charge in [0.2, 0.25) is 0 Å². The van der Waals surface area contributed by atoms with E-state index in [2.05, 4.69) is 38.7 Å². The second kappa shape index (κ2) is 8.47. The zero-order chi connectivity index (χ0) is 24.0. The summed E-state index contributed by atoms with van der Waals surface area (Å²) in [6.07, 6.45) is 4.83. The van der Waals surface area contributed by atoms with Crippen LogP contribution in [0, 0.1) is 0 Å². The number of carbonyl (C=O) groups is 1. The molecule has 1 aromatic carbocycles. The Bertz CT molecular complexity index is 1010. The minimum atomic E-state index is -0.492. The van der Waals surface area contributed by atoms with E-state index < -0.39 is 23.9 Å². The van der Waals surface area contributed by atoms with Crippen LogP contribution in [0.4, 0.5) is 4.79 Å². The van der Waals surface area contributed by atoms with E-state index in [9.17, 15) is 4.79 Å². The third-order valence-corrected chi connectivity index (χ3v) is 6.66. The molecule has 2 saturated heterocycles. The fourth-order valence-corrected chi connectivity index (χ4v) is 4.04. The van der Waals surface area contributed by atoms with Crippen molar-refractivity contribution < 1.29 is 23.6 Å². The van der Waals surface area contributed by atoms with Crippen molar-refractivity contribution in [3.8, 4) is 5.75 Å². The number of piperidine rings is 1. The van der Waals surface area contributed by atoms with Crippen LogP contribution in [0.1, 0.15) is 61.3 Å². The van der Waals surface area contributed by atoms with Gasteiger partial charge in [-0.05, 0) is 53.9 Å². The number of hydrogen-bond donors (Lipinski definition) is 0. The summed E-state index contributed by atoms with van der Waals surface area (Å²) in [7, 11) is -0.433. The quantitative estimate of drug-likeness (QED) is 0.644. The topological polar surface area (TPSA) is 70.1 Å². The third kappa shape index (κ3) is 5.12. The molecule has 0 spiro atoms. The first kappa shape index (κ1) is 23.8. The van der Waals surface area contributed by atoms with Gasteiger partial charge in [0.15, 0.2) is 0 Å². The zero-order valence-corrected chi connectivity index (χ0v) is 20.8. The van der Waals surface area contributed by atoms with E-state index in [4.69, 9.17) is 18.8 Å². The molecule has 178 valence electrons. The fraction of sp³-hybridized carbons (Fsp3) is 0.600. The van der Waals surface area contributed by atoms with Gasteiger partial charge in [0.25, 0.3) is 0 Å². The van der Waals surface area contributed by atoms with Crippen LogP contribution in [0.3, 0.4) is 0 Å². The molecule has 0 unspecified atom stereocenters. The second-order valence-corrected chi connectivity index (χ2v) is 11.0. The highest BCUT2D eigenvalue weighted by Crippen LogP contribution is 2.37. The van der Waals surface area contributed by atoms with Crippen LogP contribution in [0.25, 0.3) is 10.8 Å². The predicted octanol–water partition coefficient (Wildman–Crippen LogP) is 4.31. The van der Waals surface area contributed by atoms with E-state index in [1.165, 1.54) is 0 Å². The van der Waals surface area contributed by atoms with Gasteiger partial charge in [-0.25, -0.2) is 4.79 Å². The van der Waals surface area contributed by atoms with E-state index in [-0.39, 0.29) is 12.2 Å². The highest BCUT2D eigenvalue weighted by atomic mass is 16.7. The summed E-state index contributed by atoms with van der Waals surface area (Å²) in [4.78, 5) is 18.5. The molecule has 33 heavy (non-hydrogen) atoms. The van der Waals surface area contributed by atoms with Crippen molar-refractivity contribution in [2.75, 3.05) is 13.1 Å². The first-order valence-corrected chi connectivity index (χ1v) is 11.7. The van der Waals surface area contributed by atoms with E-state index in [0.717, 1.165) is 34.8 Å². The number of amides is 1. The molecule has 7 nitrogen and oxygen atoms in total. The molecule has 2 aliphatic heterocycles. The van der Waals surface area contributed by atoms with Crippen LogP contribution in [-0.4, -0.2) is 59.1 Å². The highest BCUT2D eigenvalue weighted by Gasteiger charge is 2.51. The molecule has 3 heterocycles. The maximum Gasteiger partial charge on any atom is 0.494 e. The van der Waals surface area contributed by atoms with Crippen molar-refractivity contribution in [3.05, 3.63) is 30.6 Å². The molecular formula is C25H35BN2O5. The molecule has 0 atom stereocenters. The molecule has 0 bridgehead atoms. The predicted molar refractivity (Wildman–Crippen MR) is 129 cm³/mol. The normalized spacial score (nSPS) is 20.8. The number of rotatable bonds is 3. The summed E-state index contributed by atoms with van der Waals surface area (Å²) in [5.74, 6) is 0.738. The number of fused-ring (bicyclic) bond motifs is 1. The molecule has 0 radical (unpaired) electrons. The first-order valence-electron chi connectivity index (χ1n) is 11.7. The number of hydrogen-bond acceptors (Lipinski definition) is 6. The van der Waals surface area contributed by atoms with Crippen LogP contribution in [0.5, 0.6) is 5.75 Å². The van der Waals surface area contributed by atoms with Crippen LogP contribution in [0.2, 0.25) is 0 Å². The molecule has 1 amide bonds. The maximum atomic E-state index is 12.3. The number of carbonyl (C=O) groups excluding carboxylic acids is 1. The standard InChI is InChI=1S/C25H35BN2O5/c1-23(2,3)31-22(29)28-12-10-19(11-13-28)30-21-16-27-15-17-8-9-18(14-20(17)21)26-32-24(4,5)25(6,7)33-26/h8-9,14-16,19H,10-13H2,1-7H3. The van der Waals surface area contributed by atoms with Gasteiger partial charge >= 0.3 is 13.2 Å². The molecule has 8 heteroatoms. The Balaban J connectivity index is 1.47. The Morgan fingerprint density at radius 1 is 1.09 bits per heavy atom. The third-order valence-electron chi connectivity index (χ3n) is 6.66. The maximum absolute atomic E-state index is 12.3. The lowest BCUT2D eigenvalue weighted by molar-refractivity contribution is 0.00578. The minimum Gasteiger partial charge on any atom is -0.488 e. The van der Waals surface area contributed by atoms with Gasteiger partial charge in [-0.15, -0.1) is 0 Å². The van der Waals surface area contributed by atoms with E-state index in [0.29, 0.717) is 13.1 Å². The monoisotopic (exact) mass is 454 g/mol. The number of ether oxygens (including phenoxy) is 2. The average molecular weight is 454 g/mol. The summed E-state index contributed by atoms with van der Waals surface area (Å²) in [5.41, 5.74) is -0.330. The molecular weight excluding hydrogens is 419 g/mol. The van der Waals surface area contributed by atoms with Crippen molar-refractivity contribution in [3.63, 3.8) is 0 Å². The van der Waals surface area contributed by atoms with Crippen LogP contribution in [0.15, 0.2) is 30.6 Å². The zero-order valence-electron chi connectivity index (χ0n) is 20.8. The molecule has 2 aliphatic rings. The number of benzene rings is 1. The van der Waals surface area contributed by atoms with Gasteiger partial charge in [-0.3, -0.25) is 4.98 Å². The highest BCUT2D eigenvalue weighted by molar-refractivity contribution is 6.62. The lowest BCUT2D eigenvalue weighted by Gasteiger charge is -2.33. The SMILES string of the molecule is CC(C)(C)OC(=O)N1CCC(Oc2cncc3ccc(B4OC(C)(C)C(C)(C)O4)cc23)CC1. The summed E-state index contributed by atoms with van der Waals surface area (Å²) >= 11 is 0. The Morgan fingerprint density at radius 2 is 1.73 bits per heavy atom. The average Bonchev–Trinajstić information content (AvgIpc) is 2.94. The minimum absolute atomic E-state index is 0.0107. The molecule has 4 rings (SSSR count). The Kier molecular flexibility index (Phi) is 6.12. The van der Waals surface area contributed by atoms with Crippen molar-refractivity contribution in [2.24, 2.45) is 0 Å². The smallest absolute Gasteiger partial charge is 0.488 e. The Hall–Kier alpha value is -2.32. The molecule has 0 N–H and O–H groups in total. The number of likely N-dealkylation sites (tertiary alicyclic amines) is 1. The van der Waals surface area contributed by atoms with Crippen molar-refractivity contribution in [1.29, 1.82) is 0 Å². The van der Waals surface area contributed by atoms with Gasteiger partial charge in [0, 0.05) is 42.9 Å². The molecule has 0 saturated carbocycles. The van der Waals surface area contributed by atoms with E-state index >= 15 is 0 Å². The van der Waals surface area contributed by atoms with E-state index in [1.807, 2.05) is 39.1 Å². The molecule has 1 aromatic heterocycles. The van der Waals surface area contributed by atoms with Crippen molar-refractivity contribution in [2.45, 2.75) is 84.2 Å². The van der Waals surface area contributed by atoms with Crippen molar-refractivity contribution in [1.82, 2.24) is 9.88 Å². The van der Waals surface area contributed by atoms with Gasteiger partial charge in [-0.1, -0.05) is 18.2 Å². The molecule has 2 fully saturated rings. The Labute approximate surface area is 196 Å². The van der Waals surface area contributed by atoms with Gasteiger partial charge in [0.05, 0.1) is 17.4 Å².